The summed E-state index contributed by atoms with van der Waals surface area (Å²) in [5.74, 6) is -3.61. The van der Waals surface area contributed by atoms with Gasteiger partial charge in [0.1, 0.15) is 6.61 Å². The summed E-state index contributed by atoms with van der Waals surface area (Å²) in [7, 11) is 0. The predicted molar refractivity (Wildman–Crippen MR) is 119 cm³/mol. The number of hydrogen-bond acceptors (Lipinski definition) is 4. The van der Waals surface area contributed by atoms with Crippen molar-refractivity contribution in [3.8, 4) is 11.1 Å². The van der Waals surface area contributed by atoms with Gasteiger partial charge in [0, 0.05) is 12.0 Å². The maximum atomic E-state index is 12.8. The maximum Gasteiger partial charge on any atom is 0.321 e. The third-order valence-corrected chi connectivity index (χ3v) is 6.02. The van der Waals surface area contributed by atoms with E-state index in [1.54, 1.807) is 0 Å². The first-order chi connectivity index (χ1) is 15.0. The Balaban J connectivity index is 1.50. The summed E-state index contributed by atoms with van der Waals surface area (Å²) in [5, 5.41) is 9.69. The van der Waals surface area contributed by atoms with Crippen LogP contribution in [0.1, 0.15) is 28.2 Å². The average Bonchev–Trinajstić information content (AvgIpc) is 3.07. The molecule has 158 valence electrons. The molecule has 0 radical (unpaired) electrons. The number of aryl methyl sites for hydroxylation is 1. The zero-order chi connectivity index (χ0) is 22.0. The zero-order valence-corrected chi connectivity index (χ0v) is 17.3. The third kappa shape index (κ3) is 4.09. The lowest BCUT2D eigenvalue weighted by atomic mass is 9.92. The molecule has 3 N–H and O–H groups in total. The summed E-state index contributed by atoms with van der Waals surface area (Å²) < 4.78 is 5.55. The van der Waals surface area contributed by atoms with E-state index in [1.807, 2.05) is 79.7 Å². The molecule has 1 aliphatic carbocycles. The molecule has 0 aliphatic heterocycles. The number of carboxylic acid groups (broad SMARTS) is 1. The normalized spacial score (nSPS) is 14.4. The fraction of sp³-hybridized carbons (Fsp3) is 0.231. The van der Waals surface area contributed by atoms with Crippen molar-refractivity contribution >= 4 is 11.9 Å². The van der Waals surface area contributed by atoms with Crippen molar-refractivity contribution in [3.63, 3.8) is 0 Å². The summed E-state index contributed by atoms with van der Waals surface area (Å²) in [6, 6.07) is 22.7. The first-order valence-corrected chi connectivity index (χ1v) is 10.3. The van der Waals surface area contributed by atoms with Gasteiger partial charge in [-0.05, 0) is 46.7 Å². The number of hydrogen-bond donors (Lipinski definition) is 2. The van der Waals surface area contributed by atoms with Gasteiger partial charge in [-0.25, -0.2) is 0 Å². The van der Waals surface area contributed by atoms with Crippen molar-refractivity contribution < 1.29 is 19.4 Å². The molecule has 0 amide bonds. The summed E-state index contributed by atoms with van der Waals surface area (Å²) in [5.41, 5.74) is 12.5. The highest BCUT2D eigenvalue weighted by Gasteiger charge is 2.36. The molecule has 0 unspecified atom stereocenters. The number of ether oxygens (including phenoxy) is 1. The Morgan fingerprint density at radius 3 is 2.06 bits per heavy atom. The van der Waals surface area contributed by atoms with Crippen molar-refractivity contribution in [3.05, 3.63) is 95.1 Å². The molecule has 0 spiro atoms. The standard InChI is InChI=1S/C26H25NO4/c1-16-8-2-3-9-17(16)14-23(27)24(25(28)29)26(30)31-15-22-20-12-6-4-10-18(20)19-11-5-7-13-21(19)22/h2-13,22-24H,14-15,27H2,1H3,(H,28,29)/t23-,24-/m1/s1. The van der Waals surface area contributed by atoms with Crippen LogP contribution in [0, 0.1) is 12.8 Å². The van der Waals surface area contributed by atoms with Crippen LogP contribution in [-0.4, -0.2) is 29.7 Å². The maximum absolute atomic E-state index is 12.8. The Kier molecular flexibility index (Phi) is 5.87. The Hall–Kier alpha value is -3.44. The van der Waals surface area contributed by atoms with Gasteiger partial charge in [0.15, 0.2) is 5.92 Å². The van der Waals surface area contributed by atoms with Crippen LogP contribution in [0.2, 0.25) is 0 Å². The number of carbonyl (C=O) groups excluding carboxylic acids is 1. The number of rotatable bonds is 7. The van der Waals surface area contributed by atoms with Crippen LogP contribution >= 0.6 is 0 Å². The van der Waals surface area contributed by atoms with Gasteiger partial charge in [0.25, 0.3) is 0 Å². The Morgan fingerprint density at radius 2 is 1.48 bits per heavy atom. The second-order valence-electron chi connectivity index (χ2n) is 7.97. The molecule has 3 aromatic rings. The van der Waals surface area contributed by atoms with Gasteiger partial charge in [0.2, 0.25) is 0 Å². The summed E-state index contributed by atoms with van der Waals surface area (Å²) >= 11 is 0. The summed E-state index contributed by atoms with van der Waals surface area (Å²) in [4.78, 5) is 24.7. The molecule has 4 rings (SSSR count). The number of esters is 1. The van der Waals surface area contributed by atoms with Gasteiger partial charge in [-0.3, -0.25) is 9.59 Å². The quantitative estimate of drug-likeness (QED) is 0.451. The Morgan fingerprint density at radius 1 is 0.935 bits per heavy atom. The van der Waals surface area contributed by atoms with E-state index < -0.39 is 23.9 Å². The first kappa shape index (κ1) is 20.8. The topological polar surface area (TPSA) is 89.6 Å². The van der Waals surface area contributed by atoms with E-state index in [9.17, 15) is 14.7 Å². The Bertz CT molecular complexity index is 1080. The minimum absolute atomic E-state index is 0.0771. The van der Waals surface area contributed by atoms with Gasteiger partial charge in [0.05, 0.1) is 0 Å². The third-order valence-electron chi connectivity index (χ3n) is 6.02. The van der Waals surface area contributed by atoms with Crippen LogP contribution in [0.3, 0.4) is 0 Å². The minimum atomic E-state index is -1.42. The minimum Gasteiger partial charge on any atom is -0.481 e. The molecule has 0 bridgehead atoms. The highest BCUT2D eigenvalue weighted by Crippen LogP contribution is 2.44. The molecule has 3 aromatic carbocycles. The molecule has 0 heterocycles. The SMILES string of the molecule is Cc1ccccc1C[C@@H](N)[C@H](C(=O)O)C(=O)OCC1c2ccccc2-c2ccccc21. The van der Waals surface area contributed by atoms with Crippen LogP contribution in [0.25, 0.3) is 11.1 Å². The van der Waals surface area contributed by atoms with E-state index in [0.29, 0.717) is 0 Å². The van der Waals surface area contributed by atoms with Crippen molar-refractivity contribution in [2.45, 2.75) is 25.3 Å². The molecular weight excluding hydrogens is 390 g/mol. The smallest absolute Gasteiger partial charge is 0.321 e. The average molecular weight is 415 g/mol. The number of benzene rings is 3. The number of nitrogens with two attached hydrogens (primary N) is 1. The Labute approximate surface area is 181 Å². The lowest BCUT2D eigenvalue weighted by Crippen LogP contribution is -2.43. The van der Waals surface area contributed by atoms with Gasteiger partial charge in [-0.1, -0.05) is 72.8 Å². The molecular formula is C26H25NO4. The molecule has 5 nitrogen and oxygen atoms in total. The van der Waals surface area contributed by atoms with Crippen LogP contribution < -0.4 is 5.73 Å². The molecule has 1 aliphatic rings. The number of fused-ring (bicyclic) bond motifs is 3. The second kappa shape index (κ2) is 8.74. The van der Waals surface area contributed by atoms with Gasteiger partial charge < -0.3 is 15.6 Å². The van der Waals surface area contributed by atoms with Crippen LogP contribution in [0.4, 0.5) is 0 Å². The highest BCUT2D eigenvalue weighted by atomic mass is 16.5. The van der Waals surface area contributed by atoms with Crippen LogP contribution in [-0.2, 0) is 20.7 Å². The number of carboxylic acids is 1. The number of carbonyl (C=O) groups is 2. The van der Waals surface area contributed by atoms with E-state index in [2.05, 4.69) is 0 Å². The predicted octanol–water partition coefficient (Wildman–Crippen LogP) is 3.92. The monoisotopic (exact) mass is 415 g/mol. The van der Waals surface area contributed by atoms with Gasteiger partial charge in [-0.15, -0.1) is 0 Å². The first-order valence-electron chi connectivity index (χ1n) is 10.3. The van der Waals surface area contributed by atoms with Crippen LogP contribution in [0.15, 0.2) is 72.8 Å². The largest absolute Gasteiger partial charge is 0.481 e. The van der Waals surface area contributed by atoms with Crippen molar-refractivity contribution in [2.75, 3.05) is 6.61 Å². The fourth-order valence-electron chi connectivity index (χ4n) is 4.36. The lowest BCUT2D eigenvalue weighted by molar-refractivity contribution is -0.159. The van der Waals surface area contributed by atoms with E-state index in [0.717, 1.165) is 33.4 Å². The summed E-state index contributed by atoms with van der Waals surface area (Å²) in [6.45, 7) is 2.01. The number of aliphatic carboxylic acids is 1. The van der Waals surface area contributed by atoms with E-state index in [1.165, 1.54) is 0 Å². The van der Waals surface area contributed by atoms with Gasteiger partial charge >= 0.3 is 11.9 Å². The van der Waals surface area contributed by atoms with E-state index in [-0.39, 0.29) is 18.9 Å². The van der Waals surface area contributed by atoms with Crippen LogP contribution in [0.5, 0.6) is 0 Å². The molecule has 5 heteroatoms. The molecule has 0 aromatic heterocycles. The fourth-order valence-corrected chi connectivity index (χ4v) is 4.36. The van der Waals surface area contributed by atoms with Crippen molar-refractivity contribution in [1.82, 2.24) is 0 Å². The highest BCUT2D eigenvalue weighted by molar-refractivity contribution is 5.95. The molecule has 0 fully saturated rings. The second-order valence-corrected chi connectivity index (χ2v) is 7.97. The van der Waals surface area contributed by atoms with Gasteiger partial charge in [-0.2, -0.15) is 0 Å². The van der Waals surface area contributed by atoms with Crippen molar-refractivity contribution in [2.24, 2.45) is 11.7 Å². The van der Waals surface area contributed by atoms with E-state index in [4.69, 9.17) is 10.5 Å². The molecule has 0 saturated heterocycles. The molecule has 0 saturated carbocycles. The lowest BCUT2D eigenvalue weighted by Gasteiger charge is -2.21. The molecule has 2 atom stereocenters. The zero-order valence-electron chi connectivity index (χ0n) is 17.3. The van der Waals surface area contributed by atoms with Crippen molar-refractivity contribution in [1.29, 1.82) is 0 Å². The van der Waals surface area contributed by atoms with E-state index >= 15 is 0 Å². The molecule has 31 heavy (non-hydrogen) atoms. The summed E-state index contributed by atoms with van der Waals surface area (Å²) in [6.07, 6.45) is 0.286.